The van der Waals surface area contributed by atoms with Crippen molar-refractivity contribution in [1.29, 1.82) is 0 Å². The molecule has 2 rings (SSSR count). The summed E-state index contributed by atoms with van der Waals surface area (Å²) in [6, 6.07) is 8.09. The maximum atomic E-state index is 4.57. The largest absolute Gasteiger partial charge is 0.356 e. The van der Waals surface area contributed by atoms with Crippen LogP contribution in [0.1, 0.15) is 19.7 Å². The molecule has 0 saturated heterocycles. The van der Waals surface area contributed by atoms with Gasteiger partial charge in [-0.1, -0.05) is 12.1 Å². The number of H-pyrrole nitrogens is 1. The number of hydrogen-bond acceptors (Lipinski definition) is 3. The number of aromatic nitrogens is 2. The van der Waals surface area contributed by atoms with Crippen LogP contribution < -0.4 is 10.6 Å². The second-order valence-corrected chi connectivity index (χ2v) is 7.28. The predicted molar refractivity (Wildman–Crippen MR) is 112 cm³/mol. The van der Waals surface area contributed by atoms with Crippen LogP contribution in [-0.4, -0.2) is 47.1 Å². The molecule has 1 heterocycles. The number of aliphatic imine (C=N–C) groups is 1. The molecule has 0 aliphatic heterocycles. The molecule has 128 valence electrons. The van der Waals surface area contributed by atoms with Gasteiger partial charge < -0.3 is 15.6 Å². The molecule has 2 aromatic rings. The lowest BCUT2D eigenvalue weighted by atomic mass is 10.2. The molecule has 0 fully saturated rings. The third kappa shape index (κ3) is 6.21. The van der Waals surface area contributed by atoms with Crippen molar-refractivity contribution in [2.75, 3.05) is 26.4 Å². The fourth-order valence-electron chi connectivity index (χ4n) is 2.01. The lowest BCUT2D eigenvalue weighted by Crippen LogP contribution is -2.43. The van der Waals surface area contributed by atoms with E-state index in [1.807, 2.05) is 36.0 Å². The van der Waals surface area contributed by atoms with Crippen molar-refractivity contribution in [2.24, 2.45) is 4.99 Å². The number of halogens is 1. The summed E-state index contributed by atoms with van der Waals surface area (Å²) < 4.78 is 0.191. The number of nitrogens with one attached hydrogen (secondary N) is 3. The number of fused-ring (bicyclic) bond motifs is 1. The van der Waals surface area contributed by atoms with Gasteiger partial charge in [0.1, 0.15) is 5.82 Å². The number of hydrogen-bond donors (Lipinski definition) is 3. The molecule has 0 radical (unpaired) electrons. The first-order valence-electron chi connectivity index (χ1n) is 7.47. The first-order chi connectivity index (χ1) is 10.5. The van der Waals surface area contributed by atoms with Crippen LogP contribution in [-0.2, 0) is 6.42 Å². The quantitative estimate of drug-likeness (QED) is 0.362. The molecule has 0 aliphatic carbocycles. The Kier molecular flexibility index (Phi) is 8.18. The number of thioether (sulfide) groups is 1. The van der Waals surface area contributed by atoms with Crippen LogP contribution in [0.2, 0.25) is 0 Å². The molecule has 23 heavy (non-hydrogen) atoms. The zero-order valence-corrected chi connectivity index (χ0v) is 17.3. The Labute approximate surface area is 159 Å². The van der Waals surface area contributed by atoms with Crippen LogP contribution in [0.15, 0.2) is 29.3 Å². The van der Waals surface area contributed by atoms with Gasteiger partial charge in [0.2, 0.25) is 0 Å². The van der Waals surface area contributed by atoms with Gasteiger partial charge in [-0.3, -0.25) is 4.99 Å². The number of rotatable bonds is 6. The van der Waals surface area contributed by atoms with Crippen molar-refractivity contribution in [3.8, 4) is 0 Å². The lowest BCUT2D eigenvalue weighted by Gasteiger charge is -2.23. The molecule has 0 aliphatic rings. The number of imidazole rings is 1. The summed E-state index contributed by atoms with van der Waals surface area (Å²) in [4.78, 5) is 12.2. The zero-order chi connectivity index (χ0) is 16.0. The fourth-order valence-corrected chi connectivity index (χ4v) is 2.23. The highest BCUT2D eigenvalue weighted by Crippen LogP contribution is 2.19. The second-order valence-electron chi connectivity index (χ2n) is 5.77. The molecule has 1 aromatic carbocycles. The number of guanidine groups is 1. The van der Waals surface area contributed by atoms with E-state index in [9.17, 15) is 0 Å². The Morgan fingerprint density at radius 2 is 2.04 bits per heavy atom. The van der Waals surface area contributed by atoms with Gasteiger partial charge in [0.25, 0.3) is 0 Å². The van der Waals surface area contributed by atoms with E-state index in [4.69, 9.17) is 0 Å². The fraction of sp³-hybridized carbons (Fsp3) is 0.500. The van der Waals surface area contributed by atoms with Gasteiger partial charge in [-0.2, -0.15) is 11.8 Å². The van der Waals surface area contributed by atoms with E-state index in [0.29, 0.717) is 0 Å². The highest BCUT2D eigenvalue weighted by Gasteiger charge is 2.16. The Morgan fingerprint density at radius 3 is 2.70 bits per heavy atom. The summed E-state index contributed by atoms with van der Waals surface area (Å²) in [5.74, 6) is 1.83. The van der Waals surface area contributed by atoms with Gasteiger partial charge in [0.15, 0.2) is 5.96 Å². The SMILES string of the molecule is CN=C(NCCc1nc2ccccc2[nH]1)NCC(C)(C)SC.I. The summed E-state index contributed by atoms with van der Waals surface area (Å²) in [5.41, 5.74) is 2.10. The van der Waals surface area contributed by atoms with E-state index in [-0.39, 0.29) is 28.7 Å². The van der Waals surface area contributed by atoms with Gasteiger partial charge in [0, 0.05) is 31.3 Å². The Balaban J connectivity index is 0.00000264. The van der Waals surface area contributed by atoms with Gasteiger partial charge in [-0.25, -0.2) is 4.98 Å². The smallest absolute Gasteiger partial charge is 0.191 e. The first kappa shape index (κ1) is 20.1. The molecule has 0 atom stereocenters. The normalized spacial score (nSPS) is 12.1. The van der Waals surface area contributed by atoms with Crippen molar-refractivity contribution in [2.45, 2.75) is 25.0 Å². The minimum Gasteiger partial charge on any atom is -0.356 e. The maximum Gasteiger partial charge on any atom is 0.191 e. The van der Waals surface area contributed by atoms with Crippen molar-refractivity contribution < 1.29 is 0 Å². The van der Waals surface area contributed by atoms with Crippen LogP contribution in [0.4, 0.5) is 0 Å². The number of aromatic amines is 1. The number of benzene rings is 1. The number of nitrogens with zero attached hydrogens (tertiary/aromatic N) is 2. The van der Waals surface area contributed by atoms with E-state index in [2.05, 4.69) is 45.7 Å². The molecule has 0 amide bonds. The van der Waals surface area contributed by atoms with E-state index < -0.39 is 0 Å². The summed E-state index contributed by atoms with van der Waals surface area (Å²) in [5, 5.41) is 6.69. The van der Waals surface area contributed by atoms with Crippen molar-refractivity contribution in [3.63, 3.8) is 0 Å². The summed E-state index contributed by atoms with van der Waals surface area (Å²) in [6.45, 7) is 6.09. The average molecular weight is 447 g/mol. The van der Waals surface area contributed by atoms with Crippen molar-refractivity contribution in [1.82, 2.24) is 20.6 Å². The van der Waals surface area contributed by atoms with E-state index in [0.717, 1.165) is 42.3 Å². The zero-order valence-electron chi connectivity index (χ0n) is 14.1. The first-order valence-corrected chi connectivity index (χ1v) is 8.70. The standard InChI is InChI=1S/C16H25N5S.HI/c1-16(2,22-4)11-19-15(17-3)18-10-9-14-20-12-7-5-6-8-13(12)21-14;/h5-8H,9-11H2,1-4H3,(H,20,21)(H2,17,18,19);1H. The Bertz CT molecular complexity index is 605. The Hall–Kier alpha value is -0.960. The third-order valence-electron chi connectivity index (χ3n) is 3.55. The molecule has 3 N–H and O–H groups in total. The van der Waals surface area contributed by atoms with Crippen LogP contribution >= 0.6 is 35.7 Å². The van der Waals surface area contributed by atoms with Gasteiger partial charge in [-0.05, 0) is 32.2 Å². The lowest BCUT2D eigenvalue weighted by molar-refractivity contribution is 0.663. The van der Waals surface area contributed by atoms with Crippen LogP contribution in [0.3, 0.4) is 0 Å². The van der Waals surface area contributed by atoms with E-state index in [1.54, 1.807) is 7.05 Å². The molecule has 7 heteroatoms. The van der Waals surface area contributed by atoms with Gasteiger partial charge in [0.05, 0.1) is 11.0 Å². The minimum atomic E-state index is 0. The molecule has 1 aromatic heterocycles. The molecular formula is C16H26IN5S. The number of para-hydroxylation sites is 2. The summed E-state index contributed by atoms with van der Waals surface area (Å²) >= 11 is 1.84. The molecule has 0 spiro atoms. The summed E-state index contributed by atoms with van der Waals surface area (Å²) in [6.07, 6.45) is 2.96. The van der Waals surface area contributed by atoms with E-state index >= 15 is 0 Å². The van der Waals surface area contributed by atoms with E-state index in [1.165, 1.54) is 0 Å². The second kappa shape index (κ2) is 9.36. The highest BCUT2D eigenvalue weighted by atomic mass is 127. The molecular weight excluding hydrogens is 421 g/mol. The van der Waals surface area contributed by atoms with Crippen LogP contribution in [0.25, 0.3) is 11.0 Å². The molecule has 0 saturated carbocycles. The summed E-state index contributed by atoms with van der Waals surface area (Å²) in [7, 11) is 1.79. The third-order valence-corrected chi connectivity index (χ3v) is 4.80. The maximum absolute atomic E-state index is 4.57. The monoisotopic (exact) mass is 447 g/mol. The average Bonchev–Trinajstić information content (AvgIpc) is 2.93. The van der Waals surface area contributed by atoms with Gasteiger partial charge in [-0.15, -0.1) is 24.0 Å². The minimum absolute atomic E-state index is 0. The highest BCUT2D eigenvalue weighted by molar-refractivity contribution is 14.0. The van der Waals surface area contributed by atoms with Gasteiger partial charge >= 0.3 is 0 Å². The van der Waals surface area contributed by atoms with Crippen molar-refractivity contribution >= 4 is 52.7 Å². The molecule has 5 nitrogen and oxygen atoms in total. The topological polar surface area (TPSA) is 65.1 Å². The Morgan fingerprint density at radius 1 is 1.30 bits per heavy atom. The van der Waals surface area contributed by atoms with Crippen LogP contribution in [0, 0.1) is 0 Å². The molecule has 0 unspecified atom stereocenters. The molecule has 0 bridgehead atoms. The predicted octanol–water partition coefficient (Wildman–Crippen LogP) is 3.03. The van der Waals surface area contributed by atoms with Crippen LogP contribution in [0.5, 0.6) is 0 Å². The van der Waals surface area contributed by atoms with Crippen molar-refractivity contribution in [3.05, 3.63) is 30.1 Å².